The van der Waals surface area contributed by atoms with Crippen molar-refractivity contribution < 1.29 is 14.6 Å². The molecule has 0 aromatic rings. The van der Waals surface area contributed by atoms with Gasteiger partial charge in [-0.3, -0.25) is 4.90 Å². The van der Waals surface area contributed by atoms with Crippen LogP contribution < -0.4 is 0 Å². The van der Waals surface area contributed by atoms with Crippen LogP contribution in [0, 0.1) is 0 Å². The summed E-state index contributed by atoms with van der Waals surface area (Å²) in [5.41, 5.74) is 0. The summed E-state index contributed by atoms with van der Waals surface area (Å²) < 4.78 is 11.2. The minimum atomic E-state index is -0.243. The van der Waals surface area contributed by atoms with Crippen molar-refractivity contribution in [3.8, 4) is 0 Å². The highest BCUT2D eigenvalue weighted by Gasteiger charge is 2.36. The summed E-state index contributed by atoms with van der Waals surface area (Å²) in [6.45, 7) is 7.30. The SMILES string of the molecule is CCC1COC(C)CN1C1COCCC1O. The van der Waals surface area contributed by atoms with Gasteiger partial charge in [0.05, 0.1) is 31.5 Å². The highest BCUT2D eigenvalue weighted by Crippen LogP contribution is 2.22. The van der Waals surface area contributed by atoms with Crippen LogP contribution in [0.4, 0.5) is 0 Å². The Labute approximate surface area is 97.5 Å². The molecule has 2 rings (SSSR count). The summed E-state index contributed by atoms with van der Waals surface area (Å²) in [7, 11) is 0. The van der Waals surface area contributed by atoms with Crippen LogP contribution in [0.15, 0.2) is 0 Å². The lowest BCUT2D eigenvalue weighted by atomic mass is 10.00. The molecule has 2 fully saturated rings. The van der Waals surface area contributed by atoms with E-state index < -0.39 is 0 Å². The van der Waals surface area contributed by atoms with Crippen LogP contribution in [-0.2, 0) is 9.47 Å². The minimum absolute atomic E-state index is 0.157. The largest absolute Gasteiger partial charge is 0.391 e. The molecule has 0 aliphatic carbocycles. The summed E-state index contributed by atoms with van der Waals surface area (Å²) in [5.74, 6) is 0. The molecule has 0 saturated carbocycles. The summed E-state index contributed by atoms with van der Waals surface area (Å²) in [4.78, 5) is 2.39. The van der Waals surface area contributed by atoms with Gasteiger partial charge in [-0.1, -0.05) is 6.92 Å². The van der Waals surface area contributed by atoms with E-state index >= 15 is 0 Å². The van der Waals surface area contributed by atoms with Crippen LogP contribution in [0.5, 0.6) is 0 Å². The van der Waals surface area contributed by atoms with Gasteiger partial charge in [0.15, 0.2) is 0 Å². The van der Waals surface area contributed by atoms with E-state index in [4.69, 9.17) is 9.47 Å². The first kappa shape index (κ1) is 12.3. The number of rotatable bonds is 2. The monoisotopic (exact) mass is 229 g/mol. The Morgan fingerprint density at radius 2 is 2.19 bits per heavy atom. The fourth-order valence-electron chi connectivity index (χ4n) is 2.66. The lowest BCUT2D eigenvalue weighted by Gasteiger charge is -2.45. The molecule has 0 radical (unpaired) electrons. The maximum atomic E-state index is 10.1. The number of hydrogen-bond acceptors (Lipinski definition) is 4. The number of nitrogens with zero attached hydrogens (tertiary/aromatic N) is 1. The minimum Gasteiger partial charge on any atom is -0.391 e. The van der Waals surface area contributed by atoms with Crippen molar-refractivity contribution in [1.82, 2.24) is 4.90 Å². The van der Waals surface area contributed by atoms with E-state index in [9.17, 15) is 5.11 Å². The van der Waals surface area contributed by atoms with E-state index in [2.05, 4.69) is 18.7 Å². The van der Waals surface area contributed by atoms with Gasteiger partial charge in [0, 0.05) is 19.2 Å². The van der Waals surface area contributed by atoms with Crippen molar-refractivity contribution in [2.24, 2.45) is 0 Å². The van der Waals surface area contributed by atoms with Crippen LogP contribution in [0.3, 0.4) is 0 Å². The Morgan fingerprint density at radius 3 is 2.88 bits per heavy atom. The number of aliphatic hydroxyl groups excluding tert-OH is 1. The van der Waals surface area contributed by atoms with Gasteiger partial charge in [-0.25, -0.2) is 0 Å². The number of aliphatic hydroxyl groups is 1. The van der Waals surface area contributed by atoms with Crippen LogP contribution in [-0.4, -0.2) is 60.7 Å². The predicted molar refractivity (Wildman–Crippen MR) is 61.4 cm³/mol. The molecule has 4 heteroatoms. The van der Waals surface area contributed by atoms with E-state index in [1.807, 2.05) is 0 Å². The average Bonchev–Trinajstić information content (AvgIpc) is 2.29. The Balaban J connectivity index is 2.02. The maximum absolute atomic E-state index is 10.1. The Bertz CT molecular complexity index is 224. The van der Waals surface area contributed by atoms with E-state index in [-0.39, 0.29) is 18.2 Å². The molecule has 0 aromatic heterocycles. The molecule has 2 aliphatic heterocycles. The van der Waals surface area contributed by atoms with Crippen molar-refractivity contribution in [1.29, 1.82) is 0 Å². The molecule has 0 spiro atoms. The Hall–Kier alpha value is -0.160. The smallest absolute Gasteiger partial charge is 0.0739 e. The second-order valence-corrected chi connectivity index (χ2v) is 4.90. The Morgan fingerprint density at radius 1 is 1.38 bits per heavy atom. The average molecular weight is 229 g/mol. The third kappa shape index (κ3) is 2.56. The van der Waals surface area contributed by atoms with E-state index in [0.717, 1.165) is 26.0 Å². The first-order valence-corrected chi connectivity index (χ1v) is 6.35. The second kappa shape index (κ2) is 5.45. The molecule has 4 atom stereocenters. The quantitative estimate of drug-likeness (QED) is 0.754. The maximum Gasteiger partial charge on any atom is 0.0739 e. The van der Waals surface area contributed by atoms with Crippen LogP contribution in [0.25, 0.3) is 0 Å². The van der Waals surface area contributed by atoms with Gasteiger partial charge in [0.1, 0.15) is 0 Å². The van der Waals surface area contributed by atoms with Crippen molar-refractivity contribution in [2.45, 2.75) is 51.0 Å². The summed E-state index contributed by atoms with van der Waals surface area (Å²) in [6.07, 6.45) is 1.84. The first-order valence-electron chi connectivity index (χ1n) is 6.35. The number of morpholine rings is 1. The molecule has 16 heavy (non-hydrogen) atoms. The fraction of sp³-hybridized carbons (Fsp3) is 1.00. The molecule has 1 N–H and O–H groups in total. The first-order chi connectivity index (χ1) is 7.72. The Kier molecular flexibility index (Phi) is 4.19. The molecule has 0 amide bonds. The molecule has 94 valence electrons. The molecular weight excluding hydrogens is 206 g/mol. The van der Waals surface area contributed by atoms with Crippen molar-refractivity contribution in [3.63, 3.8) is 0 Å². The van der Waals surface area contributed by atoms with Crippen molar-refractivity contribution >= 4 is 0 Å². The van der Waals surface area contributed by atoms with Gasteiger partial charge in [-0.05, 0) is 19.8 Å². The van der Waals surface area contributed by atoms with Gasteiger partial charge in [0.25, 0.3) is 0 Å². The van der Waals surface area contributed by atoms with Crippen molar-refractivity contribution in [2.75, 3.05) is 26.4 Å². The predicted octanol–water partition coefficient (Wildman–Crippen LogP) is 0.635. The highest BCUT2D eigenvalue weighted by molar-refractivity contribution is 4.89. The molecule has 0 aromatic carbocycles. The summed E-state index contributed by atoms with van der Waals surface area (Å²) in [5, 5.41) is 10.1. The molecule has 4 unspecified atom stereocenters. The number of ether oxygens (including phenoxy) is 2. The lowest BCUT2D eigenvalue weighted by Crippen LogP contribution is -2.59. The van der Waals surface area contributed by atoms with Gasteiger partial charge < -0.3 is 14.6 Å². The van der Waals surface area contributed by atoms with E-state index in [1.165, 1.54) is 0 Å². The van der Waals surface area contributed by atoms with Gasteiger partial charge in [0.2, 0.25) is 0 Å². The molecule has 2 aliphatic rings. The number of hydrogen-bond donors (Lipinski definition) is 1. The third-order valence-electron chi connectivity index (χ3n) is 3.70. The molecule has 2 saturated heterocycles. The molecular formula is C12H23NO3. The van der Waals surface area contributed by atoms with Gasteiger partial charge in [-0.2, -0.15) is 0 Å². The summed E-state index contributed by atoms with van der Waals surface area (Å²) in [6, 6.07) is 0.586. The van der Waals surface area contributed by atoms with E-state index in [1.54, 1.807) is 0 Å². The van der Waals surface area contributed by atoms with E-state index in [0.29, 0.717) is 19.3 Å². The second-order valence-electron chi connectivity index (χ2n) is 4.90. The molecule has 2 heterocycles. The standard InChI is InChI=1S/C12H23NO3/c1-3-10-7-16-9(2)6-13(10)11-8-15-5-4-12(11)14/h9-12,14H,3-8H2,1-2H3. The third-order valence-corrected chi connectivity index (χ3v) is 3.70. The highest BCUT2D eigenvalue weighted by atomic mass is 16.5. The van der Waals surface area contributed by atoms with Crippen LogP contribution in [0.2, 0.25) is 0 Å². The topological polar surface area (TPSA) is 41.9 Å². The lowest BCUT2D eigenvalue weighted by molar-refractivity contribution is -0.127. The molecule has 0 bridgehead atoms. The van der Waals surface area contributed by atoms with Crippen LogP contribution >= 0.6 is 0 Å². The van der Waals surface area contributed by atoms with Gasteiger partial charge in [-0.15, -0.1) is 0 Å². The fourth-order valence-corrected chi connectivity index (χ4v) is 2.66. The van der Waals surface area contributed by atoms with Gasteiger partial charge >= 0.3 is 0 Å². The van der Waals surface area contributed by atoms with Crippen LogP contribution in [0.1, 0.15) is 26.7 Å². The zero-order chi connectivity index (χ0) is 11.5. The zero-order valence-electron chi connectivity index (χ0n) is 10.3. The van der Waals surface area contributed by atoms with Crippen molar-refractivity contribution in [3.05, 3.63) is 0 Å². The summed E-state index contributed by atoms with van der Waals surface area (Å²) >= 11 is 0. The zero-order valence-corrected chi connectivity index (χ0v) is 10.3. The normalized spacial score (nSPS) is 42.2. The molecule has 4 nitrogen and oxygen atoms in total.